The first-order chi connectivity index (χ1) is 9.61. The molecule has 4 heteroatoms. The third-order valence-corrected chi connectivity index (χ3v) is 2.94. The highest BCUT2D eigenvalue weighted by molar-refractivity contribution is 5.96. The van der Waals surface area contributed by atoms with Crippen LogP contribution in [0.2, 0.25) is 0 Å². The van der Waals surface area contributed by atoms with Crippen LogP contribution in [0.15, 0.2) is 42.5 Å². The zero-order chi connectivity index (χ0) is 14.5. The molecular weight excluding hydrogens is 256 g/mol. The first kappa shape index (κ1) is 13.9. The number of ether oxygens (including phenoxy) is 2. The summed E-state index contributed by atoms with van der Waals surface area (Å²) in [4.78, 5) is 10.9. The zero-order valence-corrected chi connectivity index (χ0v) is 11.4. The number of methoxy groups -OCH3 is 1. The van der Waals surface area contributed by atoms with Gasteiger partial charge >= 0.3 is 0 Å². The van der Waals surface area contributed by atoms with Crippen LogP contribution in [0.3, 0.4) is 0 Å². The van der Waals surface area contributed by atoms with E-state index in [0.29, 0.717) is 23.7 Å². The van der Waals surface area contributed by atoms with E-state index in [2.05, 4.69) is 0 Å². The van der Waals surface area contributed by atoms with Gasteiger partial charge in [0.2, 0.25) is 0 Å². The molecule has 2 bridgehead atoms. The number of fused-ring (bicyclic) bond motifs is 3. The van der Waals surface area contributed by atoms with Crippen molar-refractivity contribution in [2.24, 2.45) is 0 Å². The molecule has 0 radical (unpaired) electrons. The SMILES string of the molecule is COc1ccccc1C(C)=O.Oc1cc2ccc1CO2. The Labute approximate surface area is 117 Å². The lowest BCUT2D eigenvalue weighted by Gasteiger charge is -2.14. The lowest BCUT2D eigenvalue weighted by molar-refractivity contribution is 0.101. The fraction of sp³-hybridized carbons (Fsp3) is 0.188. The minimum atomic E-state index is 0.0300. The minimum absolute atomic E-state index is 0.0300. The molecule has 4 nitrogen and oxygen atoms in total. The summed E-state index contributed by atoms with van der Waals surface area (Å²) < 4.78 is 10.1. The van der Waals surface area contributed by atoms with E-state index in [1.54, 1.807) is 25.3 Å². The molecule has 0 fully saturated rings. The number of phenolic OH excluding ortho intramolecular Hbond substituents is 1. The second-order valence-electron chi connectivity index (χ2n) is 4.34. The molecule has 0 aromatic heterocycles. The van der Waals surface area contributed by atoms with E-state index in [-0.39, 0.29) is 5.78 Å². The number of carbonyl (C=O) groups excluding carboxylic acids is 1. The smallest absolute Gasteiger partial charge is 0.163 e. The third-order valence-electron chi connectivity index (χ3n) is 2.94. The molecule has 2 aliphatic heterocycles. The van der Waals surface area contributed by atoms with E-state index < -0.39 is 0 Å². The Hall–Kier alpha value is -2.49. The summed E-state index contributed by atoms with van der Waals surface area (Å²) in [5.74, 6) is 1.77. The average molecular weight is 272 g/mol. The van der Waals surface area contributed by atoms with E-state index in [0.717, 1.165) is 11.3 Å². The first-order valence-corrected chi connectivity index (χ1v) is 6.20. The number of hydrogen-bond acceptors (Lipinski definition) is 4. The van der Waals surface area contributed by atoms with Crippen molar-refractivity contribution < 1.29 is 19.4 Å². The number of hydrogen-bond donors (Lipinski definition) is 1. The fourth-order valence-electron chi connectivity index (χ4n) is 1.85. The van der Waals surface area contributed by atoms with E-state index >= 15 is 0 Å². The summed E-state index contributed by atoms with van der Waals surface area (Å²) in [6.07, 6.45) is 0. The molecule has 0 saturated heterocycles. The molecule has 2 aromatic carbocycles. The molecule has 20 heavy (non-hydrogen) atoms. The predicted octanol–water partition coefficient (Wildman–Crippen LogP) is 3.18. The maximum atomic E-state index is 10.9. The van der Waals surface area contributed by atoms with E-state index in [1.165, 1.54) is 6.92 Å². The van der Waals surface area contributed by atoms with Crippen LogP contribution in [0, 0.1) is 0 Å². The maximum Gasteiger partial charge on any atom is 0.163 e. The van der Waals surface area contributed by atoms with Gasteiger partial charge in [-0.25, -0.2) is 0 Å². The molecule has 104 valence electrons. The number of Topliss-reactive ketones (excluding diaryl/α,β-unsaturated/α-hetero) is 1. The molecule has 2 heterocycles. The standard InChI is InChI=1S/C9H10O2.C7H6O2/c1-7(10)8-5-3-4-6-9(8)11-2;8-7-3-6-2-1-5(7)4-9-6/h3-6H,1-2H3;1-3,8H,4H2. The highest BCUT2D eigenvalue weighted by Gasteiger charge is 2.09. The van der Waals surface area contributed by atoms with Crippen LogP contribution >= 0.6 is 0 Å². The monoisotopic (exact) mass is 272 g/mol. The molecule has 4 rings (SSSR count). The Bertz CT molecular complexity index is 620. The highest BCUT2D eigenvalue weighted by atomic mass is 16.5. The topological polar surface area (TPSA) is 55.8 Å². The molecule has 0 aliphatic carbocycles. The van der Waals surface area contributed by atoms with Gasteiger partial charge in [0.05, 0.1) is 12.7 Å². The molecule has 2 aliphatic rings. The number of rotatable bonds is 2. The molecule has 0 atom stereocenters. The normalized spacial score (nSPS) is 11.1. The molecule has 0 amide bonds. The Balaban J connectivity index is 0.000000149. The Morgan fingerprint density at radius 1 is 1.25 bits per heavy atom. The average Bonchev–Trinajstić information content (AvgIpc) is 2.48. The van der Waals surface area contributed by atoms with Crippen molar-refractivity contribution in [2.45, 2.75) is 13.5 Å². The van der Waals surface area contributed by atoms with Gasteiger partial charge in [0, 0.05) is 11.6 Å². The summed E-state index contributed by atoms with van der Waals surface area (Å²) in [7, 11) is 1.56. The largest absolute Gasteiger partial charge is 0.507 e. The van der Waals surface area contributed by atoms with Crippen molar-refractivity contribution >= 4 is 5.78 Å². The van der Waals surface area contributed by atoms with Crippen molar-refractivity contribution in [3.63, 3.8) is 0 Å². The van der Waals surface area contributed by atoms with Gasteiger partial charge in [0.25, 0.3) is 0 Å². The number of aromatic hydroxyl groups is 1. The van der Waals surface area contributed by atoms with Crippen LogP contribution in [0.4, 0.5) is 0 Å². The maximum absolute atomic E-state index is 10.9. The summed E-state index contributed by atoms with van der Waals surface area (Å²) in [5.41, 5.74) is 1.50. The van der Waals surface area contributed by atoms with Gasteiger partial charge in [0.15, 0.2) is 5.78 Å². The third kappa shape index (κ3) is 3.09. The Morgan fingerprint density at radius 2 is 2.00 bits per heavy atom. The van der Waals surface area contributed by atoms with E-state index in [9.17, 15) is 4.79 Å². The van der Waals surface area contributed by atoms with Crippen molar-refractivity contribution in [2.75, 3.05) is 7.11 Å². The molecular formula is C16H16O4. The second kappa shape index (κ2) is 6.10. The number of phenols is 1. The van der Waals surface area contributed by atoms with Gasteiger partial charge in [-0.05, 0) is 31.2 Å². The van der Waals surface area contributed by atoms with Crippen LogP contribution in [0.1, 0.15) is 22.8 Å². The quantitative estimate of drug-likeness (QED) is 0.853. The Morgan fingerprint density at radius 3 is 2.35 bits per heavy atom. The number of ketones is 1. The van der Waals surface area contributed by atoms with Gasteiger partial charge in [-0.15, -0.1) is 0 Å². The summed E-state index contributed by atoms with van der Waals surface area (Å²) in [6.45, 7) is 2.05. The zero-order valence-electron chi connectivity index (χ0n) is 11.4. The number of para-hydroxylation sites is 1. The van der Waals surface area contributed by atoms with Gasteiger partial charge in [-0.2, -0.15) is 0 Å². The van der Waals surface area contributed by atoms with Crippen molar-refractivity contribution in [3.8, 4) is 17.2 Å². The molecule has 2 aromatic rings. The second-order valence-corrected chi connectivity index (χ2v) is 4.34. The number of carbonyl (C=O) groups is 1. The van der Waals surface area contributed by atoms with E-state index in [1.807, 2.05) is 24.3 Å². The summed E-state index contributed by atoms with van der Waals surface area (Å²) >= 11 is 0. The van der Waals surface area contributed by atoms with Crippen LogP contribution < -0.4 is 9.47 Å². The summed E-state index contributed by atoms with van der Waals surface area (Å²) in [5, 5.41) is 9.07. The van der Waals surface area contributed by atoms with Crippen LogP contribution in [-0.2, 0) is 6.61 Å². The van der Waals surface area contributed by atoms with Crippen molar-refractivity contribution in [3.05, 3.63) is 53.6 Å². The van der Waals surface area contributed by atoms with E-state index in [4.69, 9.17) is 14.6 Å². The van der Waals surface area contributed by atoms with Gasteiger partial charge in [-0.1, -0.05) is 12.1 Å². The van der Waals surface area contributed by atoms with Gasteiger partial charge < -0.3 is 14.6 Å². The predicted molar refractivity (Wildman–Crippen MR) is 75.4 cm³/mol. The molecule has 0 unspecified atom stereocenters. The van der Waals surface area contributed by atoms with Crippen LogP contribution in [-0.4, -0.2) is 18.0 Å². The minimum Gasteiger partial charge on any atom is -0.507 e. The lowest BCUT2D eigenvalue weighted by Crippen LogP contribution is -2.01. The van der Waals surface area contributed by atoms with Gasteiger partial charge in [0.1, 0.15) is 23.9 Å². The fourth-order valence-corrected chi connectivity index (χ4v) is 1.85. The number of benzene rings is 2. The molecule has 0 spiro atoms. The van der Waals surface area contributed by atoms with Crippen molar-refractivity contribution in [1.82, 2.24) is 0 Å². The van der Waals surface area contributed by atoms with Crippen LogP contribution in [0.25, 0.3) is 0 Å². The summed E-state index contributed by atoms with van der Waals surface area (Å²) in [6, 6.07) is 12.5. The van der Waals surface area contributed by atoms with Gasteiger partial charge in [-0.3, -0.25) is 4.79 Å². The Kier molecular flexibility index (Phi) is 4.25. The first-order valence-electron chi connectivity index (χ1n) is 6.20. The van der Waals surface area contributed by atoms with Crippen molar-refractivity contribution in [1.29, 1.82) is 0 Å². The lowest BCUT2D eigenvalue weighted by atomic mass is 10.1. The highest BCUT2D eigenvalue weighted by Crippen LogP contribution is 2.29. The van der Waals surface area contributed by atoms with Crippen LogP contribution in [0.5, 0.6) is 17.2 Å². The molecule has 1 N–H and O–H groups in total. The molecule has 0 saturated carbocycles.